The quantitative estimate of drug-likeness (QED) is 0.149. The van der Waals surface area contributed by atoms with Crippen LogP contribution in [0.1, 0.15) is 33.9 Å². The first-order chi connectivity index (χ1) is 17.2. The Hall–Kier alpha value is -3.52. The summed E-state index contributed by atoms with van der Waals surface area (Å²) in [7, 11) is 1.51. The van der Waals surface area contributed by atoms with Crippen molar-refractivity contribution in [2.45, 2.75) is 52.2 Å². The Bertz CT molecular complexity index is 1190. The Labute approximate surface area is 206 Å². The van der Waals surface area contributed by atoms with Crippen LogP contribution in [-0.4, -0.2) is 76.6 Å². The number of carbonyl (C=O) groups is 2. The van der Waals surface area contributed by atoms with E-state index in [2.05, 4.69) is 30.3 Å². The van der Waals surface area contributed by atoms with Gasteiger partial charge < -0.3 is 18.9 Å². The molecule has 0 saturated carbocycles. The summed E-state index contributed by atoms with van der Waals surface area (Å²) in [5, 5.41) is 6.40. The number of rotatable bonds is 11. The van der Waals surface area contributed by atoms with Crippen LogP contribution in [0, 0.1) is 11.8 Å². The lowest BCUT2D eigenvalue weighted by Gasteiger charge is -2.22. The minimum Gasteiger partial charge on any atom is -0.463 e. The van der Waals surface area contributed by atoms with Crippen LogP contribution in [0.4, 0.5) is 5.95 Å². The molecule has 1 amide bonds. The van der Waals surface area contributed by atoms with Crippen LogP contribution < -0.4 is 10.9 Å². The van der Waals surface area contributed by atoms with Gasteiger partial charge in [0.25, 0.3) is 5.56 Å². The van der Waals surface area contributed by atoms with E-state index >= 15 is 0 Å². The van der Waals surface area contributed by atoms with Crippen LogP contribution in [0.5, 0.6) is 0 Å². The molecule has 36 heavy (non-hydrogen) atoms. The molecule has 3 rings (SSSR count). The Morgan fingerprint density at radius 1 is 1.31 bits per heavy atom. The van der Waals surface area contributed by atoms with E-state index in [1.807, 2.05) is 0 Å². The molecule has 1 aliphatic heterocycles. The smallest absolute Gasteiger partial charge is 0.308 e. The highest BCUT2D eigenvalue weighted by molar-refractivity contribution is 5.91. The molecule has 0 aliphatic carbocycles. The molecule has 1 fully saturated rings. The van der Waals surface area contributed by atoms with E-state index in [0.717, 1.165) is 0 Å². The van der Waals surface area contributed by atoms with Crippen LogP contribution in [-0.2, 0) is 28.5 Å². The molecule has 1 saturated heterocycles. The molecule has 196 valence electrons. The number of hydrogen-bond acceptors (Lipinski definition) is 10. The lowest BCUT2D eigenvalue weighted by Crippen LogP contribution is -2.36. The molecule has 0 aromatic carbocycles. The molecule has 0 radical (unpaired) electrons. The predicted octanol–water partition coefficient (Wildman–Crippen LogP) is 1.52. The van der Waals surface area contributed by atoms with Crippen LogP contribution in [0.15, 0.2) is 16.2 Å². The van der Waals surface area contributed by atoms with Crippen molar-refractivity contribution in [3.8, 4) is 0 Å². The zero-order valence-electron chi connectivity index (χ0n) is 20.7. The van der Waals surface area contributed by atoms with Crippen molar-refractivity contribution < 1.29 is 28.5 Å². The Morgan fingerprint density at radius 3 is 2.69 bits per heavy atom. The molecular weight excluding hydrogens is 476 g/mol. The van der Waals surface area contributed by atoms with Gasteiger partial charge in [-0.2, -0.15) is 4.98 Å². The van der Waals surface area contributed by atoms with E-state index in [9.17, 15) is 19.9 Å². The molecule has 2 aromatic rings. The lowest BCUT2D eigenvalue weighted by atomic mass is 10.1. The molecule has 4 atom stereocenters. The second-order valence-corrected chi connectivity index (χ2v) is 8.76. The number of azide groups is 1. The summed E-state index contributed by atoms with van der Waals surface area (Å²) in [5.41, 5.74) is 8.74. The zero-order valence-corrected chi connectivity index (χ0v) is 20.7. The molecule has 2 N–H and O–H groups in total. The number of esters is 1. The highest BCUT2D eigenvalue weighted by Crippen LogP contribution is 2.35. The number of fused-ring (bicyclic) bond motifs is 1. The second-order valence-electron chi connectivity index (χ2n) is 8.76. The molecule has 0 unspecified atom stereocenters. The average molecular weight is 507 g/mol. The van der Waals surface area contributed by atoms with Gasteiger partial charge in [-0.3, -0.25) is 29.3 Å². The standard InChI is InChI=1S/C21H30N8O7/c1-10(2)17(30)25-21-24-16-14(18(31)26-21)23-9-29(16)19-15(34-7-6-33-5)13(27-28-22)12(36-19)8-35-20(32)11(3)4/h9-13,15,19H,6-8H2,1-5H3,(H2,24,25,26,30,31)/t12-,13-,15-,19-/m1/s1. The van der Waals surface area contributed by atoms with Gasteiger partial charge in [-0.05, 0) is 5.53 Å². The molecule has 0 bridgehead atoms. The zero-order chi connectivity index (χ0) is 26.4. The maximum atomic E-state index is 12.6. The number of carbonyl (C=O) groups excluding carboxylic acids is 2. The molecular formula is C21H30N8O7. The van der Waals surface area contributed by atoms with E-state index in [-0.39, 0.29) is 54.7 Å². The van der Waals surface area contributed by atoms with Gasteiger partial charge in [-0.1, -0.05) is 32.8 Å². The van der Waals surface area contributed by atoms with Crippen molar-refractivity contribution in [2.75, 3.05) is 32.2 Å². The van der Waals surface area contributed by atoms with Crippen molar-refractivity contribution in [3.05, 3.63) is 27.1 Å². The van der Waals surface area contributed by atoms with Crippen LogP contribution in [0.25, 0.3) is 21.6 Å². The van der Waals surface area contributed by atoms with Gasteiger partial charge in [0.1, 0.15) is 18.8 Å². The maximum absolute atomic E-state index is 12.6. The van der Waals surface area contributed by atoms with Gasteiger partial charge in [-0.15, -0.1) is 0 Å². The maximum Gasteiger partial charge on any atom is 0.308 e. The summed E-state index contributed by atoms with van der Waals surface area (Å²) in [6.07, 6.45) is -1.31. The fourth-order valence-corrected chi connectivity index (χ4v) is 3.49. The highest BCUT2D eigenvalue weighted by Gasteiger charge is 2.47. The lowest BCUT2D eigenvalue weighted by molar-refractivity contribution is -0.152. The number of hydrogen-bond donors (Lipinski definition) is 2. The molecule has 3 heterocycles. The number of anilines is 1. The first-order valence-electron chi connectivity index (χ1n) is 11.4. The highest BCUT2D eigenvalue weighted by atomic mass is 16.6. The monoisotopic (exact) mass is 506 g/mol. The number of methoxy groups -OCH3 is 1. The number of aromatic nitrogens is 4. The summed E-state index contributed by atoms with van der Waals surface area (Å²) < 4.78 is 23.9. The minimum atomic E-state index is -0.951. The molecule has 0 spiro atoms. The Morgan fingerprint density at radius 2 is 2.06 bits per heavy atom. The van der Waals surface area contributed by atoms with Gasteiger partial charge >= 0.3 is 5.97 Å². The summed E-state index contributed by atoms with van der Waals surface area (Å²) >= 11 is 0. The second kappa shape index (κ2) is 11.9. The van der Waals surface area contributed by atoms with Gasteiger partial charge in [0, 0.05) is 17.9 Å². The normalized spacial score (nSPS) is 21.6. The van der Waals surface area contributed by atoms with Crippen molar-refractivity contribution in [3.63, 3.8) is 0 Å². The topological polar surface area (TPSA) is 195 Å². The van der Waals surface area contributed by atoms with Crippen molar-refractivity contribution in [2.24, 2.45) is 17.0 Å². The fourth-order valence-electron chi connectivity index (χ4n) is 3.49. The number of ether oxygens (including phenoxy) is 4. The van der Waals surface area contributed by atoms with Gasteiger partial charge in [-0.25, -0.2) is 4.98 Å². The predicted molar refractivity (Wildman–Crippen MR) is 126 cm³/mol. The number of H-pyrrole nitrogens is 1. The van der Waals surface area contributed by atoms with E-state index in [1.54, 1.807) is 27.7 Å². The van der Waals surface area contributed by atoms with Crippen molar-refractivity contribution in [1.82, 2.24) is 19.5 Å². The summed E-state index contributed by atoms with van der Waals surface area (Å²) in [6.45, 7) is 7.01. The van der Waals surface area contributed by atoms with Gasteiger partial charge in [0.2, 0.25) is 11.9 Å². The van der Waals surface area contributed by atoms with Crippen molar-refractivity contribution >= 4 is 29.0 Å². The first kappa shape index (κ1) is 27.1. The van der Waals surface area contributed by atoms with Gasteiger partial charge in [0.15, 0.2) is 17.4 Å². The first-order valence-corrected chi connectivity index (χ1v) is 11.4. The third-order valence-electron chi connectivity index (χ3n) is 5.43. The van der Waals surface area contributed by atoms with E-state index < -0.39 is 36.0 Å². The van der Waals surface area contributed by atoms with Crippen LogP contribution in [0.2, 0.25) is 0 Å². The number of aromatic amines is 1. The van der Waals surface area contributed by atoms with Crippen molar-refractivity contribution in [1.29, 1.82) is 0 Å². The molecule has 15 nitrogen and oxygen atoms in total. The van der Waals surface area contributed by atoms with E-state index in [0.29, 0.717) is 0 Å². The van der Waals surface area contributed by atoms with Crippen LogP contribution in [0.3, 0.4) is 0 Å². The molecule has 15 heteroatoms. The molecule has 1 aliphatic rings. The summed E-state index contributed by atoms with van der Waals surface area (Å²) in [4.78, 5) is 50.7. The summed E-state index contributed by atoms with van der Waals surface area (Å²) in [5.74, 6) is -1.53. The summed E-state index contributed by atoms with van der Waals surface area (Å²) in [6, 6.07) is -0.878. The largest absolute Gasteiger partial charge is 0.463 e. The number of nitrogens with one attached hydrogen (secondary N) is 2. The SMILES string of the molecule is COCCO[C@@H]1[C@H](N=[N+]=[N-])[C@@H](COC(=O)C(C)C)O[C@H]1n1cnc2c(=O)[nH]c(NC(=O)C(C)C)nc21. The minimum absolute atomic E-state index is 0.00630. The average Bonchev–Trinajstić information content (AvgIpc) is 3.39. The molecule has 2 aromatic heterocycles. The third kappa shape index (κ3) is 5.99. The van der Waals surface area contributed by atoms with Crippen LogP contribution >= 0.6 is 0 Å². The Balaban J connectivity index is 2.00. The third-order valence-corrected chi connectivity index (χ3v) is 5.43. The number of amides is 1. The number of nitrogens with zero attached hydrogens (tertiary/aromatic N) is 6. The van der Waals surface area contributed by atoms with E-state index in [4.69, 9.17) is 18.9 Å². The Kier molecular flexibility index (Phi) is 8.98. The van der Waals surface area contributed by atoms with Gasteiger partial charge in [0.05, 0.1) is 31.5 Å². The van der Waals surface area contributed by atoms with E-state index in [1.165, 1.54) is 18.0 Å². The fraction of sp³-hybridized carbons (Fsp3) is 0.667. The number of imidazole rings is 1.